The van der Waals surface area contributed by atoms with Crippen molar-refractivity contribution in [2.24, 2.45) is 0 Å². The molecule has 2 aliphatic rings. The number of carbonyl (C=O) groups is 1. The standard InChI is InChI=1S/C13H15N3OS/c1-14-12(17)16-11(10-5-3-2-4-6-10)9-15-7-8-18-13(15)16/h2-6,11H,7-9H2,1H3/p+1. The number of amidine groups is 1. The van der Waals surface area contributed by atoms with E-state index in [1.54, 1.807) is 18.8 Å². The van der Waals surface area contributed by atoms with Gasteiger partial charge in [-0.15, -0.1) is 0 Å². The first kappa shape index (κ1) is 11.6. The Morgan fingerprint density at radius 2 is 2.22 bits per heavy atom. The second-order valence-corrected chi connectivity index (χ2v) is 5.49. The molecule has 18 heavy (non-hydrogen) atoms. The molecule has 1 aromatic rings. The lowest BCUT2D eigenvalue weighted by molar-refractivity contribution is -0.511. The van der Waals surface area contributed by atoms with E-state index >= 15 is 0 Å². The Morgan fingerprint density at radius 3 is 2.94 bits per heavy atom. The maximum absolute atomic E-state index is 12.1. The Bertz CT molecular complexity index is 500. The van der Waals surface area contributed by atoms with E-state index in [9.17, 15) is 4.79 Å². The Labute approximate surface area is 111 Å². The van der Waals surface area contributed by atoms with E-state index in [0.717, 1.165) is 24.0 Å². The van der Waals surface area contributed by atoms with Crippen LogP contribution in [0.5, 0.6) is 0 Å². The summed E-state index contributed by atoms with van der Waals surface area (Å²) in [5, 5.41) is 3.85. The van der Waals surface area contributed by atoms with Crippen molar-refractivity contribution in [1.29, 1.82) is 0 Å². The molecule has 2 heterocycles. The summed E-state index contributed by atoms with van der Waals surface area (Å²) >= 11 is 1.77. The van der Waals surface area contributed by atoms with Gasteiger partial charge in [0.15, 0.2) is 6.04 Å². The Kier molecular flexibility index (Phi) is 2.99. The molecule has 94 valence electrons. The lowest BCUT2D eigenvalue weighted by Gasteiger charge is -2.17. The maximum Gasteiger partial charge on any atom is 0.409 e. The number of carbonyl (C=O) groups excluding carboxylic acids is 1. The van der Waals surface area contributed by atoms with Gasteiger partial charge in [-0.3, -0.25) is 4.58 Å². The number of urea groups is 1. The van der Waals surface area contributed by atoms with Crippen LogP contribution >= 0.6 is 11.8 Å². The highest BCUT2D eigenvalue weighted by Crippen LogP contribution is 2.32. The minimum atomic E-state index is -0.0178. The van der Waals surface area contributed by atoms with Crippen LogP contribution in [-0.4, -0.2) is 46.6 Å². The van der Waals surface area contributed by atoms with Gasteiger partial charge in [0.25, 0.3) is 0 Å². The minimum absolute atomic E-state index is 0.0178. The second-order valence-electron chi connectivity index (χ2n) is 4.43. The van der Waals surface area contributed by atoms with E-state index in [-0.39, 0.29) is 12.1 Å². The zero-order valence-corrected chi connectivity index (χ0v) is 11.1. The third-order valence-corrected chi connectivity index (χ3v) is 4.49. The molecule has 2 amide bonds. The highest BCUT2D eigenvalue weighted by atomic mass is 32.2. The van der Waals surface area contributed by atoms with E-state index in [1.165, 1.54) is 5.56 Å². The van der Waals surface area contributed by atoms with Crippen molar-refractivity contribution in [2.45, 2.75) is 6.04 Å². The van der Waals surface area contributed by atoms with Crippen molar-refractivity contribution in [3.8, 4) is 0 Å². The quantitative estimate of drug-likeness (QED) is 0.778. The molecule has 5 heteroatoms. The molecular weight excluding hydrogens is 246 g/mol. The van der Waals surface area contributed by atoms with Gasteiger partial charge >= 0.3 is 11.2 Å². The van der Waals surface area contributed by atoms with Gasteiger partial charge in [0, 0.05) is 18.4 Å². The second kappa shape index (κ2) is 4.65. The number of nitrogens with zero attached hydrogens (tertiary/aromatic N) is 2. The molecule has 0 aliphatic carbocycles. The first-order valence-corrected chi connectivity index (χ1v) is 7.10. The molecule has 0 radical (unpaired) electrons. The van der Waals surface area contributed by atoms with Gasteiger partial charge in [0.2, 0.25) is 0 Å². The van der Waals surface area contributed by atoms with Crippen molar-refractivity contribution in [3.63, 3.8) is 0 Å². The van der Waals surface area contributed by atoms with Crippen molar-refractivity contribution in [2.75, 3.05) is 25.9 Å². The van der Waals surface area contributed by atoms with Crippen LogP contribution in [-0.2, 0) is 0 Å². The predicted octanol–water partition coefficient (Wildman–Crippen LogP) is 1.50. The molecule has 0 fully saturated rings. The van der Waals surface area contributed by atoms with E-state index < -0.39 is 0 Å². The average Bonchev–Trinajstić information content (AvgIpc) is 2.98. The highest BCUT2D eigenvalue weighted by molar-refractivity contribution is 8.13. The van der Waals surface area contributed by atoms with Crippen molar-refractivity contribution < 1.29 is 9.37 Å². The fourth-order valence-electron chi connectivity index (χ4n) is 2.53. The average molecular weight is 262 g/mol. The summed E-state index contributed by atoms with van der Waals surface area (Å²) in [7, 11) is 1.69. The van der Waals surface area contributed by atoms with Crippen LogP contribution in [0.3, 0.4) is 0 Å². The first-order chi connectivity index (χ1) is 8.81. The van der Waals surface area contributed by atoms with Gasteiger partial charge in [-0.05, 0) is 11.8 Å². The normalized spacial score (nSPS) is 22.3. The van der Waals surface area contributed by atoms with Crippen LogP contribution < -0.4 is 5.32 Å². The minimum Gasteiger partial charge on any atom is -0.321 e. The molecule has 2 aliphatic heterocycles. The molecule has 1 atom stereocenters. The van der Waals surface area contributed by atoms with Crippen molar-refractivity contribution in [1.82, 2.24) is 10.2 Å². The predicted molar refractivity (Wildman–Crippen MR) is 72.9 cm³/mol. The molecule has 0 aromatic heterocycles. The number of benzene rings is 1. The van der Waals surface area contributed by atoms with Crippen LogP contribution in [0.2, 0.25) is 0 Å². The van der Waals surface area contributed by atoms with Crippen LogP contribution in [0.25, 0.3) is 0 Å². The molecule has 1 N–H and O–H groups in total. The number of amides is 2. The molecule has 3 rings (SSSR count). The van der Waals surface area contributed by atoms with E-state index in [0.29, 0.717) is 0 Å². The lowest BCUT2D eigenvalue weighted by Crippen LogP contribution is -2.41. The SMILES string of the molecule is CNC(=O)N1C2=[N+](CCS2)CC1c1ccccc1. The lowest BCUT2D eigenvalue weighted by atomic mass is 10.1. The summed E-state index contributed by atoms with van der Waals surface area (Å²) in [5.74, 6) is 1.07. The summed E-state index contributed by atoms with van der Waals surface area (Å²) in [6.45, 7) is 1.94. The number of hydrogen-bond acceptors (Lipinski definition) is 2. The number of nitrogens with one attached hydrogen (secondary N) is 1. The summed E-state index contributed by atoms with van der Waals surface area (Å²) in [5.41, 5.74) is 1.20. The van der Waals surface area contributed by atoms with Crippen molar-refractivity contribution >= 4 is 23.0 Å². The molecule has 4 nitrogen and oxygen atoms in total. The molecule has 0 spiro atoms. The van der Waals surface area contributed by atoms with Gasteiger partial charge in [0.1, 0.15) is 6.54 Å². The van der Waals surface area contributed by atoms with Crippen LogP contribution in [0.4, 0.5) is 4.79 Å². The van der Waals surface area contributed by atoms with Gasteiger partial charge < -0.3 is 5.32 Å². The monoisotopic (exact) mass is 262 g/mol. The Morgan fingerprint density at radius 1 is 1.44 bits per heavy atom. The van der Waals surface area contributed by atoms with Gasteiger partial charge in [-0.25, -0.2) is 4.79 Å². The third-order valence-electron chi connectivity index (χ3n) is 3.39. The smallest absolute Gasteiger partial charge is 0.321 e. The van der Waals surface area contributed by atoms with Crippen LogP contribution in [0, 0.1) is 0 Å². The molecule has 0 saturated carbocycles. The largest absolute Gasteiger partial charge is 0.409 e. The summed E-state index contributed by atoms with van der Waals surface area (Å²) in [6, 6.07) is 10.4. The van der Waals surface area contributed by atoms with E-state index in [1.807, 2.05) is 23.1 Å². The maximum atomic E-state index is 12.1. The fourth-order valence-corrected chi connectivity index (χ4v) is 3.72. The zero-order chi connectivity index (χ0) is 12.5. The first-order valence-electron chi connectivity index (χ1n) is 6.12. The topological polar surface area (TPSA) is 35.4 Å². The van der Waals surface area contributed by atoms with Gasteiger partial charge in [-0.2, -0.15) is 4.90 Å². The van der Waals surface area contributed by atoms with Gasteiger partial charge in [-0.1, -0.05) is 30.3 Å². The van der Waals surface area contributed by atoms with Crippen molar-refractivity contribution in [3.05, 3.63) is 35.9 Å². The molecule has 0 bridgehead atoms. The summed E-state index contributed by atoms with van der Waals surface area (Å²) in [4.78, 5) is 14.0. The van der Waals surface area contributed by atoms with Crippen LogP contribution in [0.1, 0.15) is 11.6 Å². The molecule has 1 unspecified atom stereocenters. The number of thioether (sulfide) groups is 1. The molecular formula is C13H16N3OS+. The highest BCUT2D eigenvalue weighted by Gasteiger charge is 2.47. The van der Waals surface area contributed by atoms with E-state index in [2.05, 4.69) is 22.0 Å². The zero-order valence-electron chi connectivity index (χ0n) is 10.3. The molecule has 0 saturated heterocycles. The number of hydrogen-bond donors (Lipinski definition) is 1. The van der Waals surface area contributed by atoms with Gasteiger partial charge in [0.05, 0.1) is 6.54 Å². The fraction of sp³-hybridized carbons (Fsp3) is 0.385. The summed E-state index contributed by atoms with van der Waals surface area (Å²) < 4.78 is 2.30. The Balaban J connectivity index is 1.95. The number of rotatable bonds is 1. The van der Waals surface area contributed by atoms with E-state index in [4.69, 9.17) is 0 Å². The molecule has 1 aromatic carbocycles. The van der Waals surface area contributed by atoms with Crippen LogP contribution in [0.15, 0.2) is 30.3 Å². The Hall–Kier alpha value is -1.49. The summed E-state index contributed by atoms with van der Waals surface area (Å²) in [6.07, 6.45) is 0. The third kappa shape index (κ3) is 1.79.